The molecule has 0 aliphatic rings. The van der Waals surface area contributed by atoms with Crippen molar-refractivity contribution in [1.29, 1.82) is 0 Å². The van der Waals surface area contributed by atoms with Crippen LogP contribution in [0.2, 0.25) is 0 Å². The van der Waals surface area contributed by atoms with E-state index in [1.165, 1.54) is 205 Å². The van der Waals surface area contributed by atoms with Gasteiger partial charge in [-0.05, 0) is 76.0 Å². The van der Waals surface area contributed by atoms with Crippen molar-refractivity contribution >= 4 is 31.9 Å². The summed E-state index contributed by atoms with van der Waals surface area (Å²) in [5, 5.41) is 2.33. The van der Waals surface area contributed by atoms with Crippen molar-refractivity contribution in [3.05, 3.63) is 24.3 Å². The minimum atomic E-state index is 0.334. The van der Waals surface area contributed by atoms with Gasteiger partial charge in [-0.25, -0.2) is 0 Å². The van der Waals surface area contributed by atoms with E-state index in [1.54, 1.807) is 0 Å². The van der Waals surface area contributed by atoms with Crippen molar-refractivity contribution in [3.8, 4) is 0 Å². The van der Waals surface area contributed by atoms with Crippen LogP contribution in [0.4, 0.5) is 0 Å². The van der Waals surface area contributed by atoms with E-state index in [1.807, 2.05) is 0 Å². The maximum Gasteiger partial charge on any atom is 0.149 e. The molecule has 2 atom stereocenters. The van der Waals surface area contributed by atoms with Gasteiger partial charge < -0.3 is 14.2 Å². The zero-order valence-electron chi connectivity index (χ0n) is 35.7. The monoisotopic (exact) mass is 875 g/mol. The predicted molar refractivity (Wildman–Crippen MR) is 244 cm³/mol. The molecule has 316 valence electrons. The highest BCUT2D eigenvalue weighted by atomic mass is 79.9. The number of hydrogen-bond acceptors (Lipinski definition) is 3. The zero-order valence-corrected chi connectivity index (χ0v) is 38.9. The Hall–Kier alpha value is 0.320. The number of allylic oxidation sites excluding steroid dienone is 4. The van der Waals surface area contributed by atoms with Crippen LogP contribution in [0, 0.1) is 11.8 Å². The number of unbranched alkanes of at least 4 members (excludes halogenated alkanes) is 26. The second kappa shape index (κ2) is 48.5. The Bertz CT molecular complexity index is 657. The van der Waals surface area contributed by atoms with Crippen molar-refractivity contribution in [3.63, 3.8) is 0 Å². The van der Waals surface area contributed by atoms with Gasteiger partial charge in [-0.3, -0.25) is 0 Å². The van der Waals surface area contributed by atoms with Gasteiger partial charge in [0.05, 0.1) is 0 Å². The first-order valence-corrected chi connectivity index (χ1v) is 25.7. The lowest BCUT2D eigenvalue weighted by molar-refractivity contribution is -0.133. The Morgan fingerprint density at radius 2 is 0.679 bits per heavy atom. The molecule has 0 aromatic heterocycles. The molecule has 2 unspecified atom stereocenters. The second-order valence-electron chi connectivity index (χ2n) is 15.9. The van der Waals surface area contributed by atoms with Crippen LogP contribution in [-0.4, -0.2) is 37.5 Å². The Morgan fingerprint density at radius 3 is 1.02 bits per heavy atom. The fraction of sp³-hybridized carbons (Fsp3) is 0.917. The summed E-state index contributed by atoms with van der Waals surface area (Å²) in [4.78, 5) is 0. The van der Waals surface area contributed by atoms with Crippen molar-refractivity contribution in [2.75, 3.05) is 37.5 Å². The smallest absolute Gasteiger partial charge is 0.149 e. The summed E-state index contributed by atoms with van der Waals surface area (Å²) in [7, 11) is 0. The van der Waals surface area contributed by atoms with Gasteiger partial charge in [-0.15, -0.1) is 0 Å². The summed E-state index contributed by atoms with van der Waals surface area (Å²) in [6.45, 7) is 6.79. The summed E-state index contributed by atoms with van der Waals surface area (Å²) in [5.41, 5.74) is 0. The quantitative estimate of drug-likeness (QED) is 0.0264. The van der Waals surface area contributed by atoms with E-state index < -0.39 is 0 Å². The molecule has 0 aliphatic heterocycles. The molecule has 3 nitrogen and oxygen atoms in total. The van der Waals surface area contributed by atoms with E-state index in [-0.39, 0.29) is 0 Å². The SMILES string of the molecule is CCCCCCC(C=CCCCCCCCCCCCCBr)CCOCOCOCCC(C=CCCCCCCCCCCCCBr)CCCCCC. The summed E-state index contributed by atoms with van der Waals surface area (Å²) >= 11 is 7.07. The van der Waals surface area contributed by atoms with Gasteiger partial charge >= 0.3 is 0 Å². The Balaban J connectivity index is 4.10. The summed E-state index contributed by atoms with van der Waals surface area (Å²) < 4.78 is 17.5. The van der Waals surface area contributed by atoms with Crippen molar-refractivity contribution in [1.82, 2.24) is 0 Å². The molecule has 0 radical (unpaired) electrons. The maximum absolute atomic E-state index is 5.89. The molecular weight excluding hydrogens is 784 g/mol. The average Bonchev–Trinajstić information content (AvgIpc) is 3.17. The van der Waals surface area contributed by atoms with Crippen molar-refractivity contribution in [2.45, 2.75) is 232 Å². The number of rotatable bonds is 46. The number of hydrogen-bond donors (Lipinski definition) is 0. The molecule has 0 amide bonds. The average molecular weight is 877 g/mol. The highest BCUT2D eigenvalue weighted by Gasteiger charge is 2.07. The van der Waals surface area contributed by atoms with E-state index in [9.17, 15) is 0 Å². The molecule has 0 rings (SSSR count). The molecule has 0 aromatic carbocycles. The first-order valence-electron chi connectivity index (χ1n) is 23.5. The van der Waals surface area contributed by atoms with Gasteiger partial charge in [0.1, 0.15) is 13.6 Å². The summed E-state index contributed by atoms with van der Waals surface area (Å²) in [6, 6.07) is 0. The Kier molecular flexibility index (Phi) is 48.8. The topological polar surface area (TPSA) is 27.7 Å². The molecule has 0 saturated heterocycles. The number of halogens is 2. The van der Waals surface area contributed by atoms with Crippen LogP contribution in [0.15, 0.2) is 24.3 Å². The van der Waals surface area contributed by atoms with Crippen molar-refractivity contribution in [2.24, 2.45) is 11.8 Å². The minimum Gasteiger partial charge on any atom is -0.355 e. The Morgan fingerprint density at radius 1 is 0.358 bits per heavy atom. The summed E-state index contributed by atoms with van der Waals surface area (Å²) in [5.74, 6) is 1.26. The number of alkyl halides is 2. The lowest BCUT2D eigenvalue weighted by atomic mass is 9.96. The van der Waals surface area contributed by atoms with Gasteiger partial charge in [0.25, 0.3) is 0 Å². The molecule has 53 heavy (non-hydrogen) atoms. The van der Waals surface area contributed by atoms with Gasteiger partial charge in [0, 0.05) is 23.9 Å². The van der Waals surface area contributed by atoms with Crippen LogP contribution < -0.4 is 0 Å². The molecule has 0 spiro atoms. The van der Waals surface area contributed by atoms with E-state index >= 15 is 0 Å². The first-order chi connectivity index (χ1) is 26.3. The molecule has 0 bridgehead atoms. The molecule has 0 aromatic rings. The minimum absolute atomic E-state index is 0.334. The third-order valence-corrected chi connectivity index (χ3v) is 11.9. The molecule has 0 fully saturated rings. The Labute approximate surface area is 350 Å². The normalized spacial score (nSPS) is 13.2. The van der Waals surface area contributed by atoms with Crippen LogP contribution in [0.25, 0.3) is 0 Å². The van der Waals surface area contributed by atoms with E-state index in [0.29, 0.717) is 25.4 Å². The highest BCUT2D eigenvalue weighted by molar-refractivity contribution is 9.09. The summed E-state index contributed by atoms with van der Waals surface area (Å²) in [6.07, 6.45) is 55.7. The largest absolute Gasteiger partial charge is 0.355 e. The molecule has 5 heteroatoms. The van der Waals surface area contributed by atoms with Crippen molar-refractivity contribution < 1.29 is 14.2 Å². The third-order valence-electron chi connectivity index (χ3n) is 10.8. The van der Waals surface area contributed by atoms with Gasteiger partial charge in [-0.1, -0.05) is 224 Å². The van der Waals surface area contributed by atoms with Crippen LogP contribution >= 0.6 is 31.9 Å². The van der Waals surface area contributed by atoms with Crippen LogP contribution in [0.3, 0.4) is 0 Å². The van der Waals surface area contributed by atoms with Crippen LogP contribution in [0.1, 0.15) is 232 Å². The van der Waals surface area contributed by atoms with Gasteiger partial charge in [0.2, 0.25) is 0 Å². The first kappa shape index (κ1) is 53.3. The molecule has 0 saturated carbocycles. The fourth-order valence-corrected chi connectivity index (χ4v) is 7.99. The molecular formula is C48H92Br2O3. The van der Waals surface area contributed by atoms with E-state index in [4.69, 9.17) is 14.2 Å². The number of ether oxygens (including phenoxy) is 3. The highest BCUT2D eigenvalue weighted by Crippen LogP contribution is 2.20. The maximum atomic E-state index is 5.89. The van der Waals surface area contributed by atoms with Crippen LogP contribution in [-0.2, 0) is 14.2 Å². The lowest BCUT2D eigenvalue weighted by Crippen LogP contribution is -2.10. The standard InChI is InChI=1S/C48H92Br2O3/c1-3-5-7-29-35-47(37-31-25-21-17-13-9-11-15-19-23-27-33-41-49)39-43-51-45-53-46-52-44-40-48(36-30-8-6-4-2)38-32-26-22-18-14-10-12-16-20-24-28-34-42-50/h31-32,37-38,47-48H,3-30,33-36,39-46H2,1-2H3. The molecule has 0 heterocycles. The predicted octanol–water partition coefficient (Wildman–Crippen LogP) is 17.4. The molecule has 0 aliphatic carbocycles. The molecule has 0 N–H and O–H groups in total. The fourth-order valence-electron chi connectivity index (χ4n) is 7.20. The van der Waals surface area contributed by atoms with Gasteiger partial charge in [0.15, 0.2) is 0 Å². The zero-order chi connectivity index (χ0) is 38.4. The second-order valence-corrected chi connectivity index (χ2v) is 17.5. The van der Waals surface area contributed by atoms with E-state index in [2.05, 4.69) is 70.0 Å². The van der Waals surface area contributed by atoms with E-state index in [0.717, 1.165) is 36.7 Å². The lowest BCUT2D eigenvalue weighted by Gasteiger charge is -2.14. The van der Waals surface area contributed by atoms with Gasteiger partial charge in [-0.2, -0.15) is 0 Å². The van der Waals surface area contributed by atoms with Crippen LogP contribution in [0.5, 0.6) is 0 Å². The third kappa shape index (κ3) is 44.9.